The first-order valence-corrected chi connectivity index (χ1v) is 9.19. The molecule has 0 aliphatic rings. The second-order valence-corrected chi connectivity index (χ2v) is 6.77. The second-order valence-electron chi connectivity index (χ2n) is 6.77. The van der Waals surface area contributed by atoms with Gasteiger partial charge in [-0.25, -0.2) is 13.2 Å². The number of hydrogen-bond donors (Lipinski definition) is 2. The molecule has 0 unspecified atom stereocenters. The summed E-state index contributed by atoms with van der Waals surface area (Å²) in [6.45, 7) is 0. The summed E-state index contributed by atoms with van der Waals surface area (Å²) in [7, 11) is 0. The summed E-state index contributed by atoms with van der Waals surface area (Å²) < 4.78 is 40.7. The van der Waals surface area contributed by atoms with Crippen LogP contribution < -0.4 is 11.1 Å². The van der Waals surface area contributed by atoms with Gasteiger partial charge < -0.3 is 11.1 Å². The molecule has 0 aliphatic carbocycles. The number of carbonyl (C=O) groups is 3. The Kier molecular flexibility index (Phi) is 6.49. The van der Waals surface area contributed by atoms with Gasteiger partial charge in [-0.3, -0.25) is 14.4 Å². The average molecular weight is 426 g/mol. The number of carbonyl (C=O) groups excluding carboxylic acids is 3. The van der Waals surface area contributed by atoms with E-state index in [1.54, 1.807) is 54.6 Å². The van der Waals surface area contributed by atoms with Crippen molar-refractivity contribution in [3.8, 4) is 0 Å². The van der Waals surface area contributed by atoms with Gasteiger partial charge in [-0.2, -0.15) is 0 Å². The van der Waals surface area contributed by atoms with Crippen molar-refractivity contribution in [1.82, 2.24) is 5.32 Å². The summed E-state index contributed by atoms with van der Waals surface area (Å²) in [6.07, 6.45) is -0.0781. The van der Waals surface area contributed by atoms with Crippen LogP contribution >= 0.6 is 0 Å². The maximum Gasteiger partial charge on any atom is 0.257 e. The Bertz CT molecular complexity index is 1110. The highest BCUT2D eigenvalue weighted by atomic mass is 19.1. The standard InChI is InChI=1S/C23H17F3N2O3/c24-16-11-17(25)20(18(26)12-16)23(31)28-19(22(27)30)10-13-6-8-15(9-7-13)21(29)14-4-2-1-3-5-14/h1-9,11-12,19H,10H2,(H2,27,30)(H,28,31)/t19-/m0/s1. The fraction of sp³-hybridized carbons (Fsp3) is 0.0870. The molecular weight excluding hydrogens is 409 g/mol. The Hall–Kier alpha value is -3.94. The van der Waals surface area contributed by atoms with Crippen molar-refractivity contribution >= 4 is 17.6 Å². The zero-order valence-corrected chi connectivity index (χ0v) is 16.1. The van der Waals surface area contributed by atoms with Crippen LogP contribution in [-0.2, 0) is 11.2 Å². The second kappa shape index (κ2) is 9.25. The van der Waals surface area contributed by atoms with E-state index >= 15 is 0 Å². The predicted molar refractivity (Wildman–Crippen MR) is 107 cm³/mol. The molecule has 3 aromatic rings. The van der Waals surface area contributed by atoms with Crippen LogP contribution in [0.25, 0.3) is 0 Å². The molecule has 8 heteroatoms. The average Bonchev–Trinajstić information content (AvgIpc) is 2.73. The van der Waals surface area contributed by atoms with Crippen molar-refractivity contribution in [2.75, 3.05) is 0 Å². The molecule has 3 rings (SSSR count). The predicted octanol–water partition coefficient (Wildman–Crippen LogP) is 3.16. The van der Waals surface area contributed by atoms with Crippen LogP contribution in [0.4, 0.5) is 13.2 Å². The fourth-order valence-electron chi connectivity index (χ4n) is 3.00. The smallest absolute Gasteiger partial charge is 0.257 e. The first-order chi connectivity index (χ1) is 14.8. The summed E-state index contributed by atoms with van der Waals surface area (Å²) >= 11 is 0. The molecule has 3 aromatic carbocycles. The molecule has 0 spiro atoms. The zero-order valence-electron chi connectivity index (χ0n) is 16.1. The quantitative estimate of drug-likeness (QED) is 0.569. The molecule has 0 fully saturated rings. The number of benzene rings is 3. The zero-order chi connectivity index (χ0) is 22.5. The van der Waals surface area contributed by atoms with Crippen molar-refractivity contribution in [3.63, 3.8) is 0 Å². The number of halogens is 3. The molecule has 0 aliphatic heterocycles. The first kappa shape index (κ1) is 21.8. The molecule has 3 N–H and O–H groups in total. The minimum Gasteiger partial charge on any atom is -0.368 e. The minimum atomic E-state index is -1.40. The lowest BCUT2D eigenvalue weighted by atomic mass is 9.99. The lowest BCUT2D eigenvalue weighted by molar-refractivity contribution is -0.119. The van der Waals surface area contributed by atoms with Gasteiger partial charge in [-0.15, -0.1) is 0 Å². The number of ketones is 1. The number of amides is 2. The van der Waals surface area contributed by atoms with E-state index in [4.69, 9.17) is 5.73 Å². The number of nitrogens with two attached hydrogens (primary N) is 1. The van der Waals surface area contributed by atoms with Gasteiger partial charge in [0.25, 0.3) is 5.91 Å². The maximum atomic E-state index is 13.8. The van der Waals surface area contributed by atoms with Gasteiger partial charge >= 0.3 is 0 Å². The molecule has 5 nitrogen and oxygen atoms in total. The number of primary amides is 1. The van der Waals surface area contributed by atoms with Crippen LogP contribution in [0.5, 0.6) is 0 Å². The van der Waals surface area contributed by atoms with E-state index in [1.807, 2.05) is 0 Å². The Labute approximate surface area is 175 Å². The van der Waals surface area contributed by atoms with Gasteiger partial charge in [0.1, 0.15) is 29.1 Å². The van der Waals surface area contributed by atoms with E-state index in [1.165, 1.54) is 0 Å². The Morgan fingerprint density at radius 2 is 1.39 bits per heavy atom. The van der Waals surface area contributed by atoms with Crippen LogP contribution in [0.1, 0.15) is 31.8 Å². The van der Waals surface area contributed by atoms with Gasteiger partial charge in [0, 0.05) is 29.7 Å². The lowest BCUT2D eigenvalue weighted by Crippen LogP contribution is -2.46. The van der Waals surface area contributed by atoms with E-state index in [9.17, 15) is 27.6 Å². The van der Waals surface area contributed by atoms with Crippen LogP contribution in [0.3, 0.4) is 0 Å². The minimum absolute atomic E-state index is 0.0781. The summed E-state index contributed by atoms with van der Waals surface area (Å²) in [6, 6.07) is 14.4. The topological polar surface area (TPSA) is 89.3 Å². The van der Waals surface area contributed by atoms with Gasteiger partial charge in [0.15, 0.2) is 5.78 Å². The normalized spacial score (nSPS) is 11.6. The first-order valence-electron chi connectivity index (χ1n) is 9.19. The molecule has 0 heterocycles. The highest BCUT2D eigenvalue weighted by Gasteiger charge is 2.24. The lowest BCUT2D eigenvalue weighted by Gasteiger charge is -2.16. The van der Waals surface area contributed by atoms with Gasteiger partial charge in [0.2, 0.25) is 5.91 Å². The number of nitrogens with one attached hydrogen (secondary N) is 1. The van der Waals surface area contributed by atoms with Crippen LogP contribution in [-0.4, -0.2) is 23.6 Å². The fourth-order valence-corrected chi connectivity index (χ4v) is 3.00. The highest BCUT2D eigenvalue weighted by molar-refractivity contribution is 6.09. The SMILES string of the molecule is NC(=O)[C@H](Cc1ccc(C(=O)c2ccccc2)cc1)NC(=O)c1c(F)cc(F)cc1F. The van der Waals surface area contributed by atoms with Crippen molar-refractivity contribution < 1.29 is 27.6 Å². The molecule has 0 radical (unpaired) electrons. The molecule has 0 aromatic heterocycles. The molecule has 0 saturated carbocycles. The van der Waals surface area contributed by atoms with E-state index in [-0.39, 0.29) is 12.2 Å². The maximum absolute atomic E-state index is 13.8. The van der Waals surface area contributed by atoms with Gasteiger partial charge in [-0.05, 0) is 5.56 Å². The van der Waals surface area contributed by atoms with Gasteiger partial charge in [0.05, 0.1) is 0 Å². The van der Waals surface area contributed by atoms with Crippen molar-refractivity contribution in [1.29, 1.82) is 0 Å². The van der Waals surface area contributed by atoms with E-state index in [0.29, 0.717) is 28.8 Å². The third kappa shape index (κ3) is 5.16. The highest BCUT2D eigenvalue weighted by Crippen LogP contribution is 2.16. The number of rotatable bonds is 7. The summed E-state index contributed by atoms with van der Waals surface area (Å²) in [5.41, 5.74) is 5.78. The van der Waals surface area contributed by atoms with Crippen molar-refractivity contribution in [2.24, 2.45) is 5.73 Å². The van der Waals surface area contributed by atoms with Crippen LogP contribution in [0.15, 0.2) is 66.7 Å². The van der Waals surface area contributed by atoms with E-state index in [0.717, 1.165) is 0 Å². The van der Waals surface area contributed by atoms with Crippen LogP contribution in [0, 0.1) is 17.5 Å². The number of hydrogen-bond acceptors (Lipinski definition) is 3. The third-order valence-electron chi connectivity index (χ3n) is 4.57. The molecular formula is C23H17F3N2O3. The third-order valence-corrected chi connectivity index (χ3v) is 4.57. The molecule has 158 valence electrons. The summed E-state index contributed by atoms with van der Waals surface area (Å²) in [5.74, 6) is -6.34. The van der Waals surface area contributed by atoms with Crippen molar-refractivity contribution in [3.05, 3.63) is 106 Å². The van der Waals surface area contributed by atoms with E-state index < -0.39 is 40.9 Å². The molecule has 2 amide bonds. The Morgan fingerprint density at radius 1 is 0.839 bits per heavy atom. The molecule has 0 bridgehead atoms. The summed E-state index contributed by atoms with van der Waals surface area (Å²) in [5, 5.41) is 2.16. The largest absolute Gasteiger partial charge is 0.368 e. The Balaban J connectivity index is 1.74. The van der Waals surface area contributed by atoms with Gasteiger partial charge in [-0.1, -0.05) is 54.6 Å². The van der Waals surface area contributed by atoms with Crippen molar-refractivity contribution in [2.45, 2.75) is 12.5 Å². The molecule has 31 heavy (non-hydrogen) atoms. The molecule has 0 saturated heterocycles. The molecule has 1 atom stereocenters. The monoisotopic (exact) mass is 426 g/mol. The Morgan fingerprint density at radius 3 is 1.94 bits per heavy atom. The summed E-state index contributed by atoms with van der Waals surface area (Å²) in [4.78, 5) is 36.4. The van der Waals surface area contributed by atoms with Crippen LogP contribution in [0.2, 0.25) is 0 Å². The van der Waals surface area contributed by atoms with E-state index in [2.05, 4.69) is 5.32 Å².